The molecule has 0 spiro atoms. The van der Waals surface area contributed by atoms with E-state index in [0.29, 0.717) is 12.8 Å². The topological polar surface area (TPSA) is 67.3 Å². The van der Waals surface area contributed by atoms with Crippen LogP contribution in [-0.4, -0.2) is 48.8 Å². The molecule has 1 amide bonds. The molecule has 2 heterocycles. The molecule has 1 aliphatic heterocycles. The number of amides is 1. The molecule has 1 aromatic heterocycles. The number of likely N-dealkylation sites (N-methyl/N-ethyl adjacent to an activating group) is 1. The molecule has 126 valence electrons. The minimum absolute atomic E-state index is 0.0173. The summed E-state index contributed by atoms with van der Waals surface area (Å²) in [5.41, 5.74) is 1.75. The predicted octanol–water partition coefficient (Wildman–Crippen LogP) is 2.28. The Morgan fingerprint density at radius 1 is 1.21 bits per heavy atom. The number of nitrogens with zero attached hydrogens (tertiary/aromatic N) is 2. The highest BCUT2D eigenvalue weighted by atomic mass is 32.2. The molecular weight excluding hydrogens is 324 g/mol. The fourth-order valence-corrected chi connectivity index (χ4v) is 4.45. The molecule has 0 N–H and O–H groups in total. The van der Waals surface area contributed by atoms with Crippen molar-refractivity contribution in [1.82, 2.24) is 9.88 Å². The van der Waals surface area contributed by atoms with Crippen LogP contribution in [0.2, 0.25) is 0 Å². The number of pyridine rings is 1. The van der Waals surface area contributed by atoms with Crippen molar-refractivity contribution >= 4 is 32.7 Å². The van der Waals surface area contributed by atoms with Gasteiger partial charge in [-0.1, -0.05) is 24.3 Å². The van der Waals surface area contributed by atoms with Gasteiger partial charge in [-0.2, -0.15) is 0 Å². The predicted molar refractivity (Wildman–Crippen MR) is 95.2 cm³/mol. The number of carbonyl (C=O) groups is 1. The lowest BCUT2D eigenvalue weighted by molar-refractivity contribution is -0.126. The summed E-state index contributed by atoms with van der Waals surface area (Å²) in [5.74, 6) is 0.200. The monoisotopic (exact) mass is 344 g/mol. The summed E-state index contributed by atoms with van der Waals surface area (Å²) in [6, 6.07) is 9.69. The van der Waals surface area contributed by atoms with E-state index in [1.807, 2.05) is 30.3 Å². The number of para-hydroxylation sites is 1. The quantitative estimate of drug-likeness (QED) is 0.801. The van der Waals surface area contributed by atoms with Crippen molar-refractivity contribution in [2.45, 2.75) is 18.9 Å². The zero-order chi connectivity index (χ0) is 17.2. The Hall–Kier alpha value is -2.21. The van der Waals surface area contributed by atoms with E-state index in [0.717, 1.165) is 16.5 Å². The number of hydrogen-bond acceptors (Lipinski definition) is 4. The first-order chi connectivity index (χ1) is 11.5. The van der Waals surface area contributed by atoms with Crippen molar-refractivity contribution in [2.24, 2.45) is 0 Å². The Kier molecular flexibility index (Phi) is 4.66. The van der Waals surface area contributed by atoms with Crippen molar-refractivity contribution < 1.29 is 13.2 Å². The highest BCUT2D eigenvalue weighted by Gasteiger charge is 2.27. The van der Waals surface area contributed by atoms with Crippen molar-refractivity contribution in [1.29, 1.82) is 0 Å². The first-order valence-corrected chi connectivity index (χ1v) is 9.77. The number of hydrogen-bond donors (Lipinski definition) is 0. The molecule has 3 rings (SSSR count). The molecule has 5 nitrogen and oxygen atoms in total. The van der Waals surface area contributed by atoms with Gasteiger partial charge < -0.3 is 4.90 Å². The summed E-state index contributed by atoms with van der Waals surface area (Å²) in [4.78, 5) is 18.4. The van der Waals surface area contributed by atoms with Gasteiger partial charge in [-0.3, -0.25) is 9.78 Å². The molecule has 0 radical (unpaired) electrons. The van der Waals surface area contributed by atoms with Crippen LogP contribution in [-0.2, 0) is 14.6 Å². The highest BCUT2D eigenvalue weighted by Crippen LogP contribution is 2.19. The molecule has 0 aliphatic carbocycles. The first-order valence-electron chi connectivity index (χ1n) is 7.95. The average molecular weight is 344 g/mol. The van der Waals surface area contributed by atoms with Crippen molar-refractivity contribution in [3.8, 4) is 0 Å². The average Bonchev–Trinajstić information content (AvgIpc) is 2.59. The lowest BCUT2D eigenvalue weighted by atomic mass is 10.1. The van der Waals surface area contributed by atoms with Gasteiger partial charge in [-0.05, 0) is 25.0 Å². The van der Waals surface area contributed by atoms with E-state index in [2.05, 4.69) is 4.98 Å². The zero-order valence-corrected chi connectivity index (χ0v) is 14.4. The molecule has 0 bridgehead atoms. The van der Waals surface area contributed by atoms with Crippen LogP contribution in [0.15, 0.2) is 42.6 Å². The SMILES string of the molecule is CN(C(=O)/C=C/c1cccc2cccnc12)C1CCS(=O)(=O)CC1. The molecule has 1 aliphatic rings. The standard InChI is InChI=1S/C18H20N2O3S/c1-20(16-9-12-24(22,23)13-10-16)17(21)8-7-15-5-2-4-14-6-3-11-19-18(14)15/h2-8,11,16H,9-10,12-13H2,1H3/b8-7+. The lowest BCUT2D eigenvalue weighted by Gasteiger charge is -2.30. The number of sulfone groups is 1. The van der Waals surface area contributed by atoms with Crippen molar-refractivity contribution in [3.63, 3.8) is 0 Å². The second kappa shape index (κ2) is 6.73. The molecule has 2 aromatic rings. The molecule has 0 atom stereocenters. The van der Waals surface area contributed by atoms with Gasteiger partial charge in [0.25, 0.3) is 0 Å². The maximum absolute atomic E-state index is 12.4. The van der Waals surface area contributed by atoms with Gasteiger partial charge in [0, 0.05) is 36.3 Å². The summed E-state index contributed by atoms with van der Waals surface area (Å²) in [6.45, 7) is 0. The molecule has 0 unspecified atom stereocenters. The maximum atomic E-state index is 12.4. The van der Waals surface area contributed by atoms with Gasteiger partial charge >= 0.3 is 0 Å². The van der Waals surface area contributed by atoms with Crippen LogP contribution in [0.4, 0.5) is 0 Å². The number of fused-ring (bicyclic) bond motifs is 1. The molecular formula is C18H20N2O3S. The molecule has 6 heteroatoms. The van der Waals surface area contributed by atoms with Gasteiger partial charge in [-0.25, -0.2) is 8.42 Å². The van der Waals surface area contributed by atoms with Crippen LogP contribution in [0, 0.1) is 0 Å². The van der Waals surface area contributed by atoms with Crippen molar-refractivity contribution in [3.05, 3.63) is 48.2 Å². The Bertz CT molecular complexity index is 871. The van der Waals surface area contributed by atoms with Gasteiger partial charge in [0.15, 0.2) is 0 Å². The fourth-order valence-electron chi connectivity index (χ4n) is 2.99. The Morgan fingerprint density at radius 3 is 2.67 bits per heavy atom. The van der Waals surface area contributed by atoms with E-state index in [1.165, 1.54) is 6.08 Å². The normalized spacial score (nSPS) is 18.0. The number of benzene rings is 1. The third-order valence-electron chi connectivity index (χ3n) is 4.49. The van der Waals surface area contributed by atoms with E-state index in [9.17, 15) is 13.2 Å². The largest absolute Gasteiger partial charge is 0.339 e. The van der Waals surface area contributed by atoms with E-state index in [4.69, 9.17) is 0 Å². The highest BCUT2D eigenvalue weighted by molar-refractivity contribution is 7.91. The minimum Gasteiger partial charge on any atom is -0.339 e. The Labute approximate surface area is 141 Å². The smallest absolute Gasteiger partial charge is 0.246 e. The van der Waals surface area contributed by atoms with E-state index in [1.54, 1.807) is 24.2 Å². The summed E-state index contributed by atoms with van der Waals surface area (Å²) in [5, 5.41) is 1.03. The summed E-state index contributed by atoms with van der Waals surface area (Å²) in [7, 11) is -1.19. The number of aromatic nitrogens is 1. The molecule has 1 aromatic carbocycles. The van der Waals surface area contributed by atoms with Crippen LogP contribution in [0.5, 0.6) is 0 Å². The first kappa shape index (κ1) is 16.6. The zero-order valence-electron chi connectivity index (χ0n) is 13.6. The van der Waals surface area contributed by atoms with Gasteiger partial charge in [0.05, 0.1) is 17.0 Å². The summed E-state index contributed by atoms with van der Waals surface area (Å²) < 4.78 is 23.0. The van der Waals surface area contributed by atoms with Crippen LogP contribution in [0.3, 0.4) is 0 Å². The second-order valence-corrected chi connectivity index (χ2v) is 8.39. The molecule has 0 saturated carbocycles. The molecule has 1 fully saturated rings. The summed E-state index contributed by atoms with van der Waals surface area (Å²) in [6.07, 6.45) is 6.05. The Morgan fingerprint density at radius 2 is 1.92 bits per heavy atom. The van der Waals surface area contributed by atoms with Gasteiger partial charge in [0.1, 0.15) is 9.84 Å². The third kappa shape index (κ3) is 3.64. The Balaban J connectivity index is 1.73. The fraction of sp³-hybridized carbons (Fsp3) is 0.333. The van der Waals surface area contributed by atoms with Crippen molar-refractivity contribution in [2.75, 3.05) is 18.6 Å². The van der Waals surface area contributed by atoms with Crippen LogP contribution < -0.4 is 0 Å². The lowest BCUT2D eigenvalue weighted by Crippen LogP contribution is -2.41. The van der Waals surface area contributed by atoms with Gasteiger partial charge in [-0.15, -0.1) is 0 Å². The van der Waals surface area contributed by atoms with E-state index in [-0.39, 0.29) is 23.5 Å². The van der Waals surface area contributed by atoms with Crippen LogP contribution in [0.25, 0.3) is 17.0 Å². The molecule has 1 saturated heterocycles. The third-order valence-corrected chi connectivity index (χ3v) is 6.20. The number of carbonyl (C=O) groups excluding carboxylic acids is 1. The van der Waals surface area contributed by atoms with Gasteiger partial charge in [0.2, 0.25) is 5.91 Å². The number of rotatable bonds is 3. The van der Waals surface area contributed by atoms with Crippen LogP contribution >= 0.6 is 0 Å². The second-order valence-electron chi connectivity index (χ2n) is 6.09. The van der Waals surface area contributed by atoms with Crippen LogP contribution in [0.1, 0.15) is 18.4 Å². The summed E-state index contributed by atoms with van der Waals surface area (Å²) >= 11 is 0. The molecule has 24 heavy (non-hydrogen) atoms. The van der Waals surface area contributed by atoms with E-state index >= 15 is 0 Å². The minimum atomic E-state index is -2.92. The van der Waals surface area contributed by atoms with E-state index < -0.39 is 9.84 Å². The maximum Gasteiger partial charge on any atom is 0.246 e.